The van der Waals surface area contributed by atoms with Gasteiger partial charge in [0.2, 0.25) is 10.0 Å². The minimum absolute atomic E-state index is 0.0289. The van der Waals surface area contributed by atoms with Gasteiger partial charge in [0.25, 0.3) is 0 Å². The number of anilines is 1. The van der Waals surface area contributed by atoms with Crippen molar-refractivity contribution in [2.75, 3.05) is 24.5 Å². The highest BCUT2D eigenvalue weighted by molar-refractivity contribution is 7.88. The molecule has 1 N–H and O–H groups in total. The zero-order valence-corrected chi connectivity index (χ0v) is 17.0. The molecule has 2 aromatic rings. The van der Waals surface area contributed by atoms with Gasteiger partial charge in [-0.25, -0.2) is 13.1 Å². The third-order valence-corrected chi connectivity index (χ3v) is 6.48. The van der Waals surface area contributed by atoms with Crippen LogP contribution >= 0.6 is 0 Å². The van der Waals surface area contributed by atoms with Crippen molar-refractivity contribution in [2.45, 2.75) is 44.8 Å². The summed E-state index contributed by atoms with van der Waals surface area (Å²) in [5.74, 6) is 0.0289. The number of nitrogens with one attached hydrogen (secondary N) is 1. The molecule has 146 valence electrons. The summed E-state index contributed by atoms with van der Waals surface area (Å²) >= 11 is 0. The molecule has 0 aliphatic carbocycles. The first-order chi connectivity index (χ1) is 13.0. The second-order valence-corrected chi connectivity index (χ2v) is 9.26. The molecule has 1 aliphatic rings. The Morgan fingerprint density at radius 3 is 2.07 bits per heavy atom. The Morgan fingerprint density at radius 2 is 1.44 bits per heavy atom. The normalized spacial score (nSPS) is 15.5. The second kappa shape index (κ2) is 9.38. The lowest BCUT2D eigenvalue weighted by Gasteiger charge is -2.22. The monoisotopic (exact) mass is 386 g/mol. The van der Waals surface area contributed by atoms with Gasteiger partial charge in [0.1, 0.15) is 0 Å². The topological polar surface area (TPSA) is 49.4 Å². The van der Waals surface area contributed by atoms with E-state index in [-0.39, 0.29) is 5.75 Å². The van der Waals surface area contributed by atoms with Crippen LogP contribution in [0.25, 0.3) is 0 Å². The van der Waals surface area contributed by atoms with Gasteiger partial charge in [-0.15, -0.1) is 0 Å². The average Bonchev–Trinajstić information content (AvgIpc) is 2.93. The molecule has 1 saturated heterocycles. The second-order valence-electron chi connectivity index (χ2n) is 7.46. The maximum atomic E-state index is 12.3. The zero-order chi connectivity index (χ0) is 19.1. The van der Waals surface area contributed by atoms with Crippen LogP contribution in [0.2, 0.25) is 0 Å². The maximum Gasteiger partial charge on any atom is 0.215 e. The van der Waals surface area contributed by atoms with Crippen molar-refractivity contribution in [3.8, 4) is 0 Å². The van der Waals surface area contributed by atoms with Crippen molar-refractivity contribution in [2.24, 2.45) is 0 Å². The summed E-state index contributed by atoms with van der Waals surface area (Å²) in [6, 6.07) is 16.2. The maximum absolute atomic E-state index is 12.3. The van der Waals surface area contributed by atoms with E-state index in [1.54, 1.807) is 0 Å². The van der Waals surface area contributed by atoms with E-state index in [1.807, 2.05) is 31.2 Å². The Morgan fingerprint density at radius 1 is 0.852 bits per heavy atom. The first-order valence-corrected chi connectivity index (χ1v) is 11.5. The van der Waals surface area contributed by atoms with E-state index >= 15 is 0 Å². The Bertz CT molecular complexity index is 806. The molecule has 0 saturated carbocycles. The van der Waals surface area contributed by atoms with Gasteiger partial charge in [-0.3, -0.25) is 0 Å². The van der Waals surface area contributed by atoms with Crippen molar-refractivity contribution < 1.29 is 8.42 Å². The van der Waals surface area contributed by atoms with Crippen LogP contribution in [0.15, 0.2) is 48.5 Å². The summed E-state index contributed by atoms with van der Waals surface area (Å²) in [6.07, 6.45) is 5.90. The van der Waals surface area contributed by atoms with E-state index in [2.05, 4.69) is 33.9 Å². The van der Waals surface area contributed by atoms with Crippen molar-refractivity contribution in [1.82, 2.24) is 4.72 Å². The van der Waals surface area contributed by atoms with Gasteiger partial charge >= 0.3 is 0 Å². The fraction of sp³-hybridized carbons (Fsp3) is 0.455. The molecule has 3 rings (SSSR count). The Labute approximate surface area is 163 Å². The third-order valence-electron chi connectivity index (χ3n) is 5.12. The van der Waals surface area contributed by atoms with Gasteiger partial charge in [-0.1, -0.05) is 54.8 Å². The molecule has 1 heterocycles. The molecular formula is C22H30N2O2S. The van der Waals surface area contributed by atoms with Crippen molar-refractivity contribution in [3.05, 3.63) is 65.2 Å². The molecule has 2 aromatic carbocycles. The SMILES string of the molecule is Cc1ccc(CS(=O)(=O)NCCc2ccc(N3CCCCCC3)cc2)cc1. The lowest BCUT2D eigenvalue weighted by Crippen LogP contribution is -2.27. The van der Waals surface area contributed by atoms with Crippen molar-refractivity contribution in [3.63, 3.8) is 0 Å². The van der Waals surface area contributed by atoms with E-state index in [0.717, 1.165) is 29.8 Å². The predicted molar refractivity (Wildman–Crippen MR) is 113 cm³/mol. The largest absolute Gasteiger partial charge is 0.372 e. The molecule has 0 unspecified atom stereocenters. The quantitative estimate of drug-likeness (QED) is 0.781. The number of sulfonamides is 1. The summed E-state index contributed by atoms with van der Waals surface area (Å²) in [5.41, 5.74) is 4.38. The predicted octanol–water partition coefficient (Wildman–Crippen LogP) is 4.04. The summed E-state index contributed by atoms with van der Waals surface area (Å²) in [7, 11) is -3.31. The van der Waals surface area contributed by atoms with Crippen molar-refractivity contribution >= 4 is 15.7 Å². The van der Waals surface area contributed by atoms with Gasteiger partial charge in [0.05, 0.1) is 5.75 Å². The number of aryl methyl sites for hydroxylation is 1. The lowest BCUT2D eigenvalue weighted by atomic mass is 10.1. The van der Waals surface area contributed by atoms with Crippen molar-refractivity contribution in [1.29, 1.82) is 0 Å². The Kier molecular flexibility index (Phi) is 6.91. The number of benzene rings is 2. The molecule has 1 fully saturated rings. The van der Waals surface area contributed by atoms with Gasteiger partial charge in [0, 0.05) is 25.3 Å². The minimum Gasteiger partial charge on any atom is -0.372 e. The fourth-order valence-corrected chi connectivity index (χ4v) is 4.65. The van der Waals surface area contributed by atoms with E-state index in [4.69, 9.17) is 0 Å². The Hall–Kier alpha value is -1.85. The first-order valence-electron chi connectivity index (χ1n) is 9.89. The van der Waals surface area contributed by atoms with E-state index in [0.29, 0.717) is 13.0 Å². The van der Waals surface area contributed by atoms with E-state index < -0.39 is 10.0 Å². The van der Waals surface area contributed by atoms with Crippen LogP contribution in [0.4, 0.5) is 5.69 Å². The molecule has 27 heavy (non-hydrogen) atoms. The van der Waals surface area contributed by atoms with E-state index in [1.165, 1.54) is 31.4 Å². The molecule has 0 aromatic heterocycles. The highest BCUT2D eigenvalue weighted by Crippen LogP contribution is 2.20. The number of hydrogen-bond donors (Lipinski definition) is 1. The molecular weight excluding hydrogens is 356 g/mol. The van der Waals surface area contributed by atoms with Gasteiger partial charge in [-0.2, -0.15) is 0 Å². The molecule has 0 bridgehead atoms. The number of nitrogens with zero attached hydrogens (tertiary/aromatic N) is 1. The number of rotatable bonds is 7. The molecule has 0 amide bonds. The number of hydrogen-bond acceptors (Lipinski definition) is 3. The molecule has 4 nitrogen and oxygen atoms in total. The summed E-state index contributed by atoms with van der Waals surface area (Å²) in [6.45, 7) is 4.70. The van der Waals surface area contributed by atoms with Crippen LogP contribution in [0, 0.1) is 6.92 Å². The zero-order valence-electron chi connectivity index (χ0n) is 16.2. The highest BCUT2D eigenvalue weighted by Gasteiger charge is 2.12. The van der Waals surface area contributed by atoms with Gasteiger partial charge in [0.15, 0.2) is 0 Å². The van der Waals surface area contributed by atoms with Crippen LogP contribution in [-0.2, 0) is 22.2 Å². The summed E-state index contributed by atoms with van der Waals surface area (Å²) in [4.78, 5) is 2.46. The molecule has 5 heteroatoms. The molecule has 0 radical (unpaired) electrons. The smallest absolute Gasteiger partial charge is 0.215 e. The Balaban J connectivity index is 1.48. The van der Waals surface area contributed by atoms with Crippen LogP contribution in [0.1, 0.15) is 42.4 Å². The van der Waals surface area contributed by atoms with Gasteiger partial charge in [-0.05, 0) is 49.4 Å². The molecule has 1 aliphatic heterocycles. The first kappa shape index (κ1) is 19.9. The van der Waals surface area contributed by atoms with Crippen LogP contribution in [-0.4, -0.2) is 28.1 Å². The highest BCUT2D eigenvalue weighted by atomic mass is 32.2. The molecule has 0 spiro atoms. The standard InChI is InChI=1S/C22H30N2O2S/c1-19-6-8-21(9-7-19)18-27(25,26)23-15-14-20-10-12-22(13-11-20)24-16-4-2-3-5-17-24/h6-13,23H,2-5,14-18H2,1H3. The average molecular weight is 387 g/mol. The minimum atomic E-state index is -3.31. The van der Waals surface area contributed by atoms with E-state index in [9.17, 15) is 8.42 Å². The summed E-state index contributed by atoms with van der Waals surface area (Å²) in [5, 5.41) is 0. The third kappa shape index (κ3) is 6.36. The van der Waals surface area contributed by atoms with Crippen LogP contribution < -0.4 is 9.62 Å². The molecule has 0 atom stereocenters. The van der Waals surface area contributed by atoms with Crippen LogP contribution in [0.5, 0.6) is 0 Å². The van der Waals surface area contributed by atoms with Crippen LogP contribution in [0.3, 0.4) is 0 Å². The van der Waals surface area contributed by atoms with Gasteiger partial charge < -0.3 is 4.90 Å². The lowest BCUT2D eigenvalue weighted by molar-refractivity contribution is 0.581. The summed E-state index contributed by atoms with van der Waals surface area (Å²) < 4.78 is 27.2. The fourth-order valence-electron chi connectivity index (χ4n) is 3.51.